The zero-order valence-corrected chi connectivity index (χ0v) is 15.3. The highest BCUT2D eigenvalue weighted by molar-refractivity contribution is 7.98. The molecule has 1 amide bonds. The lowest BCUT2D eigenvalue weighted by Crippen LogP contribution is -2.40. The first-order valence-electron chi connectivity index (χ1n) is 7.84. The summed E-state index contributed by atoms with van der Waals surface area (Å²) in [5, 5.41) is 9.83. The Labute approximate surface area is 150 Å². The van der Waals surface area contributed by atoms with E-state index in [9.17, 15) is 18.0 Å². The molecule has 0 fully saturated rings. The third-order valence-electron chi connectivity index (χ3n) is 3.35. The first-order chi connectivity index (χ1) is 11.7. The van der Waals surface area contributed by atoms with Crippen LogP contribution in [0.3, 0.4) is 0 Å². The van der Waals surface area contributed by atoms with Gasteiger partial charge in [-0.1, -0.05) is 13.8 Å². The minimum absolute atomic E-state index is 0.0383. The molecule has 4 nitrogen and oxygen atoms in total. The minimum Gasteiger partial charge on any atom is -0.481 e. The summed E-state index contributed by atoms with van der Waals surface area (Å²) in [5.74, 6) is 0.502. The van der Waals surface area contributed by atoms with Crippen molar-refractivity contribution in [2.24, 2.45) is 5.92 Å². The predicted molar refractivity (Wildman–Crippen MR) is 94.6 cm³/mol. The van der Waals surface area contributed by atoms with Crippen molar-refractivity contribution in [3.05, 3.63) is 29.3 Å². The lowest BCUT2D eigenvalue weighted by molar-refractivity contribution is -0.137. The van der Waals surface area contributed by atoms with E-state index in [1.54, 1.807) is 11.8 Å². The second-order valence-corrected chi connectivity index (χ2v) is 6.90. The number of nitrogens with one attached hydrogen (secondary N) is 2. The van der Waals surface area contributed by atoms with Crippen molar-refractivity contribution in [3.63, 3.8) is 0 Å². The Morgan fingerprint density at radius 2 is 2.08 bits per heavy atom. The van der Waals surface area contributed by atoms with E-state index >= 15 is 0 Å². The zero-order chi connectivity index (χ0) is 19.0. The molecule has 1 unspecified atom stereocenters. The molecule has 1 atom stereocenters. The molecule has 140 valence electrons. The van der Waals surface area contributed by atoms with Gasteiger partial charge in [-0.25, -0.2) is 0 Å². The summed E-state index contributed by atoms with van der Waals surface area (Å²) in [6, 6.07) is 3.35. The van der Waals surface area contributed by atoms with Crippen LogP contribution in [0, 0.1) is 11.3 Å². The van der Waals surface area contributed by atoms with E-state index < -0.39 is 17.8 Å². The molecule has 0 saturated carbocycles. The van der Waals surface area contributed by atoms with Gasteiger partial charge in [-0.15, -0.1) is 0 Å². The summed E-state index contributed by atoms with van der Waals surface area (Å²) in [6.07, 6.45) is -2.52. The molecule has 1 rings (SSSR count). The van der Waals surface area contributed by atoms with Gasteiger partial charge in [0, 0.05) is 24.1 Å². The average Bonchev–Trinajstić information content (AvgIpc) is 2.53. The molecule has 25 heavy (non-hydrogen) atoms. The van der Waals surface area contributed by atoms with E-state index in [-0.39, 0.29) is 23.1 Å². The van der Waals surface area contributed by atoms with Crippen LogP contribution in [-0.4, -0.2) is 36.8 Å². The van der Waals surface area contributed by atoms with Crippen molar-refractivity contribution in [2.45, 2.75) is 32.5 Å². The third-order valence-corrected chi connectivity index (χ3v) is 3.96. The van der Waals surface area contributed by atoms with Gasteiger partial charge in [-0.05, 0) is 36.8 Å². The topological polar surface area (TPSA) is 62.2 Å². The van der Waals surface area contributed by atoms with Crippen molar-refractivity contribution in [3.8, 4) is 5.75 Å². The molecule has 0 aromatic heterocycles. The van der Waals surface area contributed by atoms with Crippen molar-refractivity contribution in [2.75, 3.05) is 18.6 Å². The maximum Gasteiger partial charge on any atom is 0.417 e. The molecule has 8 heteroatoms. The number of rotatable bonds is 9. The molecule has 1 aromatic rings. The van der Waals surface area contributed by atoms with Crippen LogP contribution in [0.2, 0.25) is 0 Å². The smallest absolute Gasteiger partial charge is 0.417 e. The normalized spacial score (nSPS) is 12.8. The SMILES string of the molecule is CSCCNC(=O)C(CC(C)C)Oc1ccc(C=N)c(C(F)(F)F)c1. The Kier molecular flexibility index (Phi) is 8.28. The van der Waals surface area contributed by atoms with Crippen molar-refractivity contribution in [1.29, 1.82) is 5.41 Å². The Morgan fingerprint density at radius 1 is 1.40 bits per heavy atom. The Morgan fingerprint density at radius 3 is 2.60 bits per heavy atom. The fourth-order valence-electron chi connectivity index (χ4n) is 2.17. The monoisotopic (exact) mass is 376 g/mol. The third kappa shape index (κ3) is 6.97. The Bertz CT molecular complexity index is 592. The van der Waals surface area contributed by atoms with Crippen LogP contribution in [0.25, 0.3) is 0 Å². The molecule has 0 aliphatic carbocycles. The summed E-state index contributed by atoms with van der Waals surface area (Å²) in [7, 11) is 0. The van der Waals surface area contributed by atoms with E-state index in [1.807, 2.05) is 20.1 Å². The number of carbonyl (C=O) groups is 1. The van der Waals surface area contributed by atoms with Gasteiger partial charge in [0.25, 0.3) is 5.91 Å². The highest BCUT2D eigenvalue weighted by Crippen LogP contribution is 2.34. The van der Waals surface area contributed by atoms with Gasteiger partial charge in [-0.2, -0.15) is 24.9 Å². The number of amides is 1. The summed E-state index contributed by atoms with van der Waals surface area (Å²) in [4.78, 5) is 12.3. The van der Waals surface area contributed by atoms with Crippen LogP contribution in [0.5, 0.6) is 5.75 Å². The first-order valence-corrected chi connectivity index (χ1v) is 9.23. The number of halogens is 3. The van der Waals surface area contributed by atoms with E-state index in [0.717, 1.165) is 11.8 Å². The maximum atomic E-state index is 13.1. The van der Waals surface area contributed by atoms with Gasteiger partial charge in [0.2, 0.25) is 0 Å². The molecule has 0 saturated heterocycles. The largest absolute Gasteiger partial charge is 0.481 e. The second kappa shape index (κ2) is 9.70. The van der Waals surface area contributed by atoms with Crippen LogP contribution < -0.4 is 10.1 Å². The molecular formula is C17H23F3N2O2S. The zero-order valence-electron chi connectivity index (χ0n) is 14.4. The van der Waals surface area contributed by atoms with Crippen LogP contribution >= 0.6 is 11.8 Å². The van der Waals surface area contributed by atoms with Gasteiger partial charge in [0.15, 0.2) is 6.10 Å². The number of hydrogen-bond acceptors (Lipinski definition) is 4. The van der Waals surface area contributed by atoms with Crippen LogP contribution in [0.15, 0.2) is 18.2 Å². The van der Waals surface area contributed by atoms with Gasteiger partial charge in [-0.3, -0.25) is 4.79 Å². The number of ether oxygens (including phenoxy) is 1. The quantitative estimate of drug-likeness (QED) is 0.506. The van der Waals surface area contributed by atoms with Crippen molar-refractivity contribution in [1.82, 2.24) is 5.32 Å². The lowest BCUT2D eigenvalue weighted by Gasteiger charge is -2.21. The van der Waals surface area contributed by atoms with E-state index in [0.29, 0.717) is 19.2 Å². The molecule has 1 aromatic carbocycles. The van der Waals surface area contributed by atoms with Gasteiger partial charge in [0.1, 0.15) is 5.75 Å². The standard InChI is InChI=1S/C17H23F3N2O2S/c1-11(2)8-15(16(23)22-6-7-25-3)24-13-5-4-12(10-21)14(9-13)17(18,19)20/h4-5,9-11,15,21H,6-8H2,1-3H3,(H,22,23). The summed E-state index contributed by atoms with van der Waals surface area (Å²) < 4.78 is 44.8. The molecule has 2 N–H and O–H groups in total. The van der Waals surface area contributed by atoms with E-state index in [2.05, 4.69) is 5.32 Å². The summed E-state index contributed by atoms with van der Waals surface area (Å²) in [6.45, 7) is 4.29. The Hall–Kier alpha value is -1.70. The lowest BCUT2D eigenvalue weighted by atomic mass is 10.0. The maximum absolute atomic E-state index is 13.1. The summed E-state index contributed by atoms with van der Waals surface area (Å²) in [5.41, 5.74) is -1.20. The molecule has 0 heterocycles. The second-order valence-electron chi connectivity index (χ2n) is 5.91. The van der Waals surface area contributed by atoms with E-state index in [4.69, 9.17) is 10.1 Å². The highest BCUT2D eigenvalue weighted by Gasteiger charge is 2.34. The molecule has 0 radical (unpaired) electrons. The average molecular weight is 376 g/mol. The van der Waals surface area contributed by atoms with Crippen LogP contribution in [-0.2, 0) is 11.0 Å². The minimum atomic E-state index is -4.60. The number of thioether (sulfide) groups is 1. The van der Waals surface area contributed by atoms with Crippen LogP contribution in [0.1, 0.15) is 31.4 Å². The number of alkyl halides is 3. The highest BCUT2D eigenvalue weighted by atomic mass is 32.2. The fourth-order valence-corrected chi connectivity index (χ4v) is 2.48. The van der Waals surface area contributed by atoms with Gasteiger partial charge >= 0.3 is 6.18 Å². The van der Waals surface area contributed by atoms with Crippen molar-refractivity contribution < 1.29 is 22.7 Å². The number of hydrogen-bond donors (Lipinski definition) is 2. The molecule has 0 spiro atoms. The molecule has 0 bridgehead atoms. The number of carbonyl (C=O) groups excluding carboxylic acids is 1. The molecular weight excluding hydrogens is 353 g/mol. The summed E-state index contributed by atoms with van der Waals surface area (Å²) >= 11 is 1.58. The van der Waals surface area contributed by atoms with Crippen LogP contribution in [0.4, 0.5) is 13.2 Å². The van der Waals surface area contributed by atoms with Gasteiger partial charge < -0.3 is 15.5 Å². The van der Waals surface area contributed by atoms with Crippen molar-refractivity contribution >= 4 is 23.9 Å². The first kappa shape index (κ1) is 21.3. The number of benzene rings is 1. The Balaban J connectivity index is 2.99. The molecule has 0 aliphatic heterocycles. The van der Waals surface area contributed by atoms with E-state index in [1.165, 1.54) is 12.1 Å². The van der Waals surface area contributed by atoms with Gasteiger partial charge in [0.05, 0.1) is 5.56 Å². The fraction of sp³-hybridized carbons (Fsp3) is 0.529. The molecule has 0 aliphatic rings. The predicted octanol–water partition coefficient (Wildman–Crippen LogP) is 3.98.